The highest BCUT2D eigenvalue weighted by atomic mass is 15.0. The maximum atomic E-state index is 5.90. The molecule has 6 N–H and O–H groups in total. The van der Waals surface area contributed by atoms with Crippen LogP contribution in [0.3, 0.4) is 0 Å². The van der Waals surface area contributed by atoms with Gasteiger partial charge in [-0.2, -0.15) is 0 Å². The summed E-state index contributed by atoms with van der Waals surface area (Å²) in [4.78, 5) is 0. The fourth-order valence-electron chi connectivity index (χ4n) is 1.99. The van der Waals surface area contributed by atoms with E-state index in [0.29, 0.717) is 0 Å². The third-order valence-electron chi connectivity index (χ3n) is 3.42. The Morgan fingerprint density at radius 2 is 1.24 bits per heavy atom. The van der Waals surface area contributed by atoms with Gasteiger partial charge >= 0.3 is 0 Å². The molecule has 3 heteroatoms. The summed E-state index contributed by atoms with van der Waals surface area (Å²) in [7, 11) is 0. The molecule has 0 aliphatic rings. The van der Waals surface area contributed by atoms with Crippen LogP contribution >= 0.6 is 0 Å². The Labute approximate surface area is 108 Å². The zero-order chi connectivity index (χ0) is 13.1. The topological polar surface area (TPSA) is 78.1 Å². The molecular weight excluding hydrogens is 210 g/mol. The smallest absolute Gasteiger partial charge is 0.0763 e. The van der Waals surface area contributed by atoms with Crippen LogP contribution in [0.2, 0.25) is 0 Å². The summed E-state index contributed by atoms with van der Waals surface area (Å²) < 4.78 is 0. The molecule has 0 aromatic carbocycles. The van der Waals surface area contributed by atoms with E-state index in [1.165, 1.54) is 51.4 Å². The minimum absolute atomic E-state index is 0.0768. The van der Waals surface area contributed by atoms with Crippen molar-refractivity contribution in [2.75, 3.05) is 0 Å². The van der Waals surface area contributed by atoms with Gasteiger partial charge in [0, 0.05) is 6.04 Å². The quantitative estimate of drug-likeness (QED) is 0.386. The van der Waals surface area contributed by atoms with E-state index in [1.54, 1.807) is 6.92 Å². The van der Waals surface area contributed by atoms with Gasteiger partial charge in [-0.15, -0.1) is 0 Å². The highest BCUT2D eigenvalue weighted by Gasteiger charge is 2.20. The highest BCUT2D eigenvalue weighted by Crippen LogP contribution is 2.12. The van der Waals surface area contributed by atoms with Gasteiger partial charge in [-0.1, -0.05) is 64.7 Å². The number of unbranched alkanes of at least 4 members (excludes halogenated alkanes) is 8. The molecule has 1 unspecified atom stereocenters. The molecule has 104 valence electrons. The molecule has 0 bridgehead atoms. The SMILES string of the molecule is CCCCCCCCCCCC(N)C(C)(N)N. The van der Waals surface area contributed by atoms with Crippen molar-refractivity contribution in [3.05, 3.63) is 0 Å². The van der Waals surface area contributed by atoms with E-state index in [0.717, 1.165) is 12.8 Å². The van der Waals surface area contributed by atoms with Gasteiger partial charge in [0.05, 0.1) is 5.66 Å². The molecule has 1 atom stereocenters. The molecule has 0 fully saturated rings. The Bertz CT molecular complexity index is 163. The van der Waals surface area contributed by atoms with Gasteiger partial charge < -0.3 is 17.2 Å². The van der Waals surface area contributed by atoms with Crippen LogP contribution in [0.15, 0.2) is 0 Å². The van der Waals surface area contributed by atoms with E-state index in [4.69, 9.17) is 17.2 Å². The number of rotatable bonds is 11. The summed E-state index contributed by atoms with van der Waals surface area (Å²) in [5, 5.41) is 0. The van der Waals surface area contributed by atoms with Gasteiger partial charge in [0.25, 0.3) is 0 Å². The van der Waals surface area contributed by atoms with Gasteiger partial charge in [-0.25, -0.2) is 0 Å². The molecule has 0 amide bonds. The van der Waals surface area contributed by atoms with Crippen molar-refractivity contribution in [3.8, 4) is 0 Å². The lowest BCUT2D eigenvalue weighted by Gasteiger charge is -2.26. The second kappa shape index (κ2) is 9.86. The Morgan fingerprint density at radius 1 is 0.824 bits per heavy atom. The highest BCUT2D eigenvalue weighted by molar-refractivity contribution is 4.83. The summed E-state index contributed by atoms with van der Waals surface area (Å²) in [6.07, 6.45) is 13.0. The molecule has 0 radical (unpaired) electrons. The van der Waals surface area contributed by atoms with E-state index >= 15 is 0 Å². The molecule has 0 aromatic heterocycles. The van der Waals surface area contributed by atoms with Crippen molar-refractivity contribution in [2.45, 2.75) is 89.8 Å². The lowest BCUT2D eigenvalue weighted by atomic mass is 9.98. The molecule has 0 spiro atoms. The molecule has 0 aliphatic carbocycles. The van der Waals surface area contributed by atoms with E-state index in [-0.39, 0.29) is 6.04 Å². The monoisotopic (exact) mass is 243 g/mol. The van der Waals surface area contributed by atoms with Crippen molar-refractivity contribution in [1.29, 1.82) is 0 Å². The van der Waals surface area contributed by atoms with Gasteiger partial charge in [0.1, 0.15) is 0 Å². The number of hydrogen-bond donors (Lipinski definition) is 3. The third kappa shape index (κ3) is 10.7. The Morgan fingerprint density at radius 3 is 1.65 bits per heavy atom. The van der Waals surface area contributed by atoms with Crippen molar-refractivity contribution < 1.29 is 0 Å². The average Bonchev–Trinajstić information content (AvgIpc) is 2.25. The first kappa shape index (κ1) is 16.9. The summed E-state index contributed by atoms with van der Waals surface area (Å²) in [6.45, 7) is 4.05. The normalized spacial score (nSPS) is 13.9. The second-order valence-corrected chi connectivity index (χ2v) is 5.59. The molecule has 17 heavy (non-hydrogen) atoms. The van der Waals surface area contributed by atoms with Gasteiger partial charge in [-0.3, -0.25) is 0 Å². The van der Waals surface area contributed by atoms with Crippen molar-refractivity contribution in [3.63, 3.8) is 0 Å². The molecule has 0 saturated carbocycles. The summed E-state index contributed by atoms with van der Waals surface area (Å²) in [5.74, 6) is 0. The van der Waals surface area contributed by atoms with Crippen molar-refractivity contribution in [2.24, 2.45) is 17.2 Å². The molecule has 0 aromatic rings. The maximum Gasteiger partial charge on any atom is 0.0763 e. The maximum absolute atomic E-state index is 5.90. The molecular formula is C14H33N3. The Balaban J connectivity index is 3.19. The first-order valence-corrected chi connectivity index (χ1v) is 7.31. The standard InChI is InChI=1S/C14H33N3/c1-3-4-5-6-7-8-9-10-11-12-13(15)14(2,16)17/h13H,3-12,15-17H2,1-2H3. The summed E-state index contributed by atoms with van der Waals surface area (Å²) in [5.41, 5.74) is 16.7. The molecule has 0 rings (SSSR count). The van der Waals surface area contributed by atoms with E-state index in [2.05, 4.69) is 6.92 Å². The fourth-order valence-corrected chi connectivity index (χ4v) is 1.99. The molecule has 0 heterocycles. The number of nitrogens with two attached hydrogens (primary N) is 3. The van der Waals surface area contributed by atoms with Crippen molar-refractivity contribution in [1.82, 2.24) is 0 Å². The largest absolute Gasteiger partial charge is 0.325 e. The lowest BCUT2D eigenvalue weighted by molar-refractivity contribution is 0.358. The predicted octanol–water partition coefficient (Wildman–Crippen LogP) is 2.87. The molecule has 0 aliphatic heterocycles. The van der Waals surface area contributed by atoms with Crippen LogP contribution in [0.4, 0.5) is 0 Å². The van der Waals surface area contributed by atoms with E-state index in [1.807, 2.05) is 0 Å². The molecule has 0 saturated heterocycles. The van der Waals surface area contributed by atoms with Crippen LogP contribution in [0.25, 0.3) is 0 Å². The predicted molar refractivity (Wildman–Crippen MR) is 76.6 cm³/mol. The van der Waals surface area contributed by atoms with E-state index in [9.17, 15) is 0 Å². The van der Waals surface area contributed by atoms with E-state index < -0.39 is 5.66 Å². The summed E-state index contributed by atoms with van der Waals surface area (Å²) >= 11 is 0. The third-order valence-corrected chi connectivity index (χ3v) is 3.42. The van der Waals surface area contributed by atoms with Gasteiger partial charge in [-0.05, 0) is 13.3 Å². The van der Waals surface area contributed by atoms with Crippen molar-refractivity contribution >= 4 is 0 Å². The first-order valence-electron chi connectivity index (χ1n) is 7.31. The van der Waals surface area contributed by atoms with Crippen LogP contribution in [0.1, 0.15) is 78.1 Å². The van der Waals surface area contributed by atoms with Crippen LogP contribution in [0.5, 0.6) is 0 Å². The minimum Gasteiger partial charge on any atom is -0.325 e. The lowest BCUT2D eigenvalue weighted by Crippen LogP contribution is -2.59. The van der Waals surface area contributed by atoms with Crippen LogP contribution in [-0.4, -0.2) is 11.7 Å². The zero-order valence-corrected chi connectivity index (χ0v) is 11.9. The van der Waals surface area contributed by atoms with Gasteiger partial charge in [0.15, 0.2) is 0 Å². The first-order chi connectivity index (χ1) is 7.98. The Hall–Kier alpha value is -0.120. The average molecular weight is 243 g/mol. The zero-order valence-electron chi connectivity index (χ0n) is 11.9. The summed E-state index contributed by atoms with van der Waals surface area (Å²) in [6, 6.07) is -0.0768. The molecule has 3 nitrogen and oxygen atoms in total. The minimum atomic E-state index is -0.722. The van der Waals surface area contributed by atoms with Crippen LogP contribution < -0.4 is 17.2 Å². The Kier molecular flexibility index (Phi) is 9.79. The number of hydrogen-bond acceptors (Lipinski definition) is 3. The fraction of sp³-hybridized carbons (Fsp3) is 1.00. The van der Waals surface area contributed by atoms with Crippen LogP contribution in [0, 0.1) is 0 Å². The van der Waals surface area contributed by atoms with Crippen LogP contribution in [-0.2, 0) is 0 Å². The van der Waals surface area contributed by atoms with Gasteiger partial charge in [0.2, 0.25) is 0 Å². The second-order valence-electron chi connectivity index (χ2n) is 5.59.